The van der Waals surface area contributed by atoms with E-state index in [2.05, 4.69) is 19.2 Å². The third kappa shape index (κ3) is 24.3. The standard InChI is InChI=1S/C29H59N2O6P/c1-6-8-10-11-12-13-14-15-16-17-18-19-21-22-28(32)27(30-29(33)23-20-9-7-2)26-37-38(34,35)36-25-24-31(3,4)5/h21-22,27-28,32H,6-20,23-26H2,1-5H3,(H-,30,33,34,35)/p+1/b22-21+. The number of phosphoric acid groups is 1. The highest BCUT2D eigenvalue weighted by Crippen LogP contribution is 2.43. The summed E-state index contributed by atoms with van der Waals surface area (Å²) in [6, 6.07) is -0.833. The minimum atomic E-state index is -4.30. The first kappa shape index (κ1) is 37.2. The van der Waals surface area contributed by atoms with Crippen LogP contribution in [0.1, 0.15) is 117 Å². The predicted octanol–water partition coefficient (Wildman–Crippen LogP) is 6.51. The molecule has 0 radical (unpaired) electrons. The number of quaternary nitrogens is 1. The van der Waals surface area contributed by atoms with Crippen molar-refractivity contribution in [1.29, 1.82) is 0 Å². The van der Waals surface area contributed by atoms with Crippen LogP contribution in [0.3, 0.4) is 0 Å². The Morgan fingerprint density at radius 1 is 0.868 bits per heavy atom. The topological polar surface area (TPSA) is 105 Å². The normalized spacial score (nSPS) is 15.4. The van der Waals surface area contributed by atoms with Gasteiger partial charge in [-0.15, -0.1) is 0 Å². The first-order valence-electron chi connectivity index (χ1n) is 15.1. The Balaban J connectivity index is 4.49. The van der Waals surface area contributed by atoms with Gasteiger partial charge >= 0.3 is 7.82 Å². The number of aliphatic hydroxyl groups excluding tert-OH is 1. The number of nitrogens with one attached hydrogen (secondary N) is 1. The minimum absolute atomic E-state index is 0.0622. The van der Waals surface area contributed by atoms with Crippen molar-refractivity contribution in [3.8, 4) is 0 Å². The van der Waals surface area contributed by atoms with Crippen LogP contribution in [0.5, 0.6) is 0 Å². The summed E-state index contributed by atoms with van der Waals surface area (Å²) in [7, 11) is 1.56. The monoisotopic (exact) mass is 563 g/mol. The zero-order valence-corrected chi connectivity index (χ0v) is 26.1. The van der Waals surface area contributed by atoms with Crippen molar-refractivity contribution in [1.82, 2.24) is 5.32 Å². The number of phosphoric ester groups is 1. The SMILES string of the molecule is CCCCCCCCCCCCC/C=C/C(O)C(COP(=O)(O)OCC[N+](C)(C)C)NC(=O)CCCCC. The van der Waals surface area contributed by atoms with Crippen molar-refractivity contribution < 1.29 is 32.9 Å². The molecule has 226 valence electrons. The van der Waals surface area contributed by atoms with Gasteiger partial charge in [-0.2, -0.15) is 0 Å². The van der Waals surface area contributed by atoms with Crippen LogP contribution in [-0.2, 0) is 18.4 Å². The van der Waals surface area contributed by atoms with Gasteiger partial charge in [0.25, 0.3) is 0 Å². The molecule has 0 aliphatic carbocycles. The molecule has 9 heteroatoms. The van der Waals surface area contributed by atoms with Crippen molar-refractivity contribution >= 4 is 13.7 Å². The molecule has 0 saturated carbocycles. The van der Waals surface area contributed by atoms with Gasteiger partial charge in [0.15, 0.2) is 0 Å². The molecule has 0 aromatic carbocycles. The summed E-state index contributed by atoms with van der Waals surface area (Å²) in [6.07, 6.45) is 20.6. The summed E-state index contributed by atoms with van der Waals surface area (Å²) in [6.45, 7) is 4.59. The number of hydrogen-bond acceptors (Lipinski definition) is 5. The molecule has 0 heterocycles. The van der Waals surface area contributed by atoms with Gasteiger partial charge in [0.2, 0.25) is 5.91 Å². The van der Waals surface area contributed by atoms with Crippen molar-refractivity contribution in [2.75, 3.05) is 40.9 Å². The Bertz CT molecular complexity index is 653. The van der Waals surface area contributed by atoms with E-state index in [4.69, 9.17) is 9.05 Å². The number of aliphatic hydroxyl groups is 1. The van der Waals surface area contributed by atoms with Crippen LogP contribution in [-0.4, -0.2) is 73.4 Å². The van der Waals surface area contributed by atoms with Crippen LogP contribution in [0.2, 0.25) is 0 Å². The summed E-state index contributed by atoms with van der Waals surface area (Å²) in [5, 5.41) is 13.5. The summed E-state index contributed by atoms with van der Waals surface area (Å²) >= 11 is 0. The third-order valence-corrected chi connectivity index (χ3v) is 7.49. The maximum atomic E-state index is 12.4. The van der Waals surface area contributed by atoms with Gasteiger partial charge in [-0.25, -0.2) is 4.57 Å². The van der Waals surface area contributed by atoms with E-state index >= 15 is 0 Å². The number of nitrogens with zero attached hydrogens (tertiary/aromatic N) is 1. The smallest absolute Gasteiger partial charge is 0.387 e. The number of hydrogen-bond donors (Lipinski definition) is 3. The van der Waals surface area contributed by atoms with Crippen molar-refractivity contribution in [2.24, 2.45) is 0 Å². The minimum Gasteiger partial charge on any atom is -0.387 e. The molecular formula is C29H60N2O6P+. The lowest BCUT2D eigenvalue weighted by Gasteiger charge is -2.25. The molecule has 0 aliphatic heterocycles. The molecular weight excluding hydrogens is 503 g/mol. The van der Waals surface area contributed by atoms with Gasteiger partial charge in [0, 0.05) is 6.42 Å². The maximum Gasteiger partial charge on any atom is 0.472 e. The maximum absolute atomic E-state index is 12.4. The second-order valence-corrected chi connectivity index (χ2v) is 12.9. The summed E-state index contributed by atoms with van der Waals surface area (Å²) in [5.74, 6) is -0.205. The van der Waals surface area contributed by atoms with Crippen LogP contribution in [0.4, 0.5) is 0 Å². The van der Waals surface area contributed by atoms with E-state index in [1.807, 2.05) is 27.2 Å². The Labute approximate surface area is 233 Å². The van der Waals surface area contributed by atoms with Gasteiger partial charge in [-0.05, 0) is 19.3 Å². The molecule has 0 spiro atoms. The second-order valence-electron chi connectivity index (χ2n) is 11.5. The molecule has 1 amide bonds. The molecule has 0 rings (SSSR count). The van der Waals surface area contributed by atoms with Gasteiger partial charge in [-0.3, -0.25) is 13.8 Å². The predicted molar refractivity (Wildman–Crippen MR) is 157 cm³/mol. The van der Waals surface area contributed by atoms with Crippen molar-refractivity contribution in [2.45, 2.75) is 129 Å². The third-order valence-electron chi connectivity index (χ3n) is 6.51. The highest BCUT2D eigenvalue weighted by Gasteiger charge is 2.27. The molecule has 0 aromatic rings. The zero-order chi connectivity index (χ0) is 28.7. The Morgan fingerprint density at radius 3 is 1.95 bits per heavy atom. The number of carbonyl (C=O) groups excluding carboxylic acids is 1. The number of likely N-dealkylation sites (N-methyl/N-ethyl adjacent to an activating group) is 1. The number of carbonyl (C=O) groups is 1. The van der Waals surface area contributed by atoms with Gasteiger partial charge in [-0.1, -0.05) is 103 Å². The summed E-state index contributed by atoms with van der Waals surface area (Å²) < 4.78 is 23.1. The lowest BCUT2D eigenvalue weighted by atomic mass is 10.0. The lowest BCUT2D eigenvalue weighted by molar-refractivity contribution is -0.870. The Morgan fingerprint density at radius 2 is 1.39 bits per heavy atom. The first-order valence-corrected chi connectivity index (χ1v) is 16.6. The number of unbranched alkanes of at least 4 members (excludes halogenated alkanes) is 13. The van der Waals surface area contributed by atoms with E-state index in [-0.39, 0.29) is 19.1 Å². The quantitative estimate of drug-likeness (QED) is 0.0480. The fourth-order valence-electron chi connectivity index (χ4n) is 3.98. The van der Waals surface area contributed by atoms with Crippen molar-refractivity contribution in [3.05, 3.63) is 12.2 Å². The molecule has 38 heavy (non-hydrogen) atoms. The number of allylic oxidation sites excluding steroid dienone is 1. The largest absolute Gasteiger partial charge is 0.472 e. The average molecular weight is 564 g/mol. The molecule has 0 fully saturated rings. The van der Waals surface area contributed by atoms with Crippen molar-refractivity contribution in [3.63, 3.8) is 0 Å². The van der Waals surface area contributed by atoms with Crippen LogP contribution in [0.15, 0.2) is 12.2 Å². The molecule has 0 saturated heterocycles. The van der Waals surface area contributed by atoms with Gasteiger partial charge in [0.1, 0.15) is 13.2 Å². The molecule has 8 nitrogen and oxygen atoms in total. The van der Waals surface area contributed by atoms with E-state index in [1.165, 1.54) is 57.8 Å². The molecule has 0 aliphatic rings. The number of amides is 1. The highest BCUT2D eigenvalue weighted by atomic mass is 31.2. The van der Waals surface area contributed by atoms with Crippen LogP contribution in [0, 0.1) is 0 Å². The molecule has 0 bridgehead atoms. The van der Waals surface area contributed by atoms with Gasteiger partial charge in [0.05, 0.1) is 39.9 Å². The van der Waals surface area contributed by atoms with Crippen LogP contribution < -0.4 is 5.32 Å². The first-order chi connectivity index (χ1) is 18.0. The molecule has 3 unspecified atom stereocenters. The van der Waals surface area contributed by atoms with Crippen LogP contribution in [0.25, 0.3) is 0 Å². The molecule has 0 aromatic heterocycles. The second kappa shape index (κ2) is 23.0. The fourth-order valence-corrected chi connectivity index (χ4v) is 4.71. The molecule has 3 atom stereocenters. The van der Waals surface area contributed by atoms with E-state index in [0.717, 1.165) is 38.5 Å². The van der Waals surface area contributed by atoms with E-state index in [1.54, 1.807) is 6.08 Å². The average Bonchev–Trinajstić information content (AvgIpc) is 2.83. The summed E-state index contributed by atoms with van der Waals surface area (Å²) in [5.41, 5.74) is 0. The lowest BCUT2D eigenvalue weighted by Crippen LogP contribution is -2.45. The zero-order valence-electron chi connectivity index (χ0n) is 25.2. The fraction of sp³-hybridized carbons (Fsp3) is 0.897. The van der Waals surface area contributed by atoms with E-state index < -0.39 is 20.0 Å². The Kier molecular flexibility index (Phi) is 22.5. The van der Waals surface area contributed by atoms with Crippen LogP contribution >= 0.6 is 7.82 Å². The van der Waals surface area contributed by atoms with E-state index in [9.17, 15) is 19.4 Å². The molecule has 3 N–H and O–H groups in total. The number of rotatable bonds is 26. The highest BCUT2D eigenvalue weighted by molar-refractivity contribution is 7.47. The van der Waals surface area contributed by atoms with Gasteiger partial charge < -0.3 is 19.8 Å². The summed E-state index contributed by atoms with van der Waals surface area (Å²) in [4.78, 5) is 22.4. The van der Waals surface area contributed by atoms with E-state index in [0.29, 0.717) is 17.4 Å². The Hall–Kier alpha value is -0.760.